The van der Waals surface area contributed by atoms with Crippen LogP contribution in [-0.4, -0.2) is 48.1 Å². The number of likely N-dealkylation sites (tertiary alicyclic amines) is 1. The zero-order chi connectivity index (χ0) is 16.3. The highest BCUT2D eigenvalue weighted by Crippen LogP contribution is 2.24. The van der Waals surface area contributed by atoms with Gasteiger partial charge in [-0.25, -0.2) is 0 Å². The maximum atomic E-state index is 12.7. The minimum absolute atomic E-state index is 0.0700. The van der Waals surface area contributed by atoms with Gasteiger partial charge >= 0.3 is 0 Å². The van der Waals surface area contributed by atoms with E-state index in [1.807, 2.05) is 0 Å². The van der Waals surface area contributed by atoms with E-state index in [0.29, 0.717) is 30.6 Å². The fourth-order valence-corrected chi connectivity index (χ4v) is 2.88. The van der Waals surface area contributed by atoms with Crippen LogP contribution in [0.4, 0.5) is 5.69 Å². The number of aryl methyl sites for hydroxylation is 1. The lowest BCUT2D eigenvalue weighted by Gasteiger charge is -2.38. The van der Waals surface area contributed by atoms with Crippen LogP contribution in [0.25, 0.3) is 0 Å². The number of amides is 1. The molecule has 1 heterocycles. The predicted octanol–water partition coefficient (Wildman–Crippen LogP) is 1.48. The highest BCUT2D eigenvalue weighted by atomic mass is 16.6. The Morgan fingerprint density at radius 3 is 2.82 bits per heavy atom. The number of ether oxygens (including phenoxy) is 1. The van der Waals surface area contributed by atoms with E-state index in [4.69, 9.17) is 10.5 Å². The summed E-state index contributed by atoms with van der Waals surface area (Å²) in [5.41, 5.74) is 6.73. The number of piperidine rings is 1. The molecule has 2 atom stereocenters. The Hall–Kier alpha value is -1.99. The zero-order valence-corrected chi connectivity index (χ0v) is 12.8. The van der Waals surface area contributed by atoms with Gasteiger partial charge in [-0.15, -0.1) is 0 Å². The van der Waals surface area contributed by atoms with Gasteiger partial charge in [-0.1, -0.05) is 0 Å². The number of nitro benzene ring substituents is 1. The average molecular weight is 307 g/mol. The van der Waals surface area contributed by atoms with Gasteiger partial charge in [0.2, 0.25) is 0 Å². The lowest BCUT2D eigenvalue weighted by molar-refractivity contribution is -0.384. The Bertz CT molecular complexity index is 576. The molecule has 2 unspecified atom stereocenters. The summed E-state index contributed by atoms with van der Waals surface area (Å²) in [4.78, 5) is 24.9. The normalized spacial score (nSPS) is 21.7. The minimum atomic E-state index is -0.485. The van der Waals surface area contributed by atoms with Crippen LogP contribution in [0.15, 0.2) is 18.2 Å². The lowest BCUT2D eigenvalue weighted by atomic mass is 9.97. The fourth-order valence-electron chi connectivity index (χ4n) is 2.88. The van der Waals surface area contributed by atoms with Gasteiger partial charge < -0.3 is 15.4 Å². The molecule has 0 bridgehead atoms. The van der Waals surface area contributed by atoms with E-state index in [-0.39, 0.29) is 23.7 Å². The van der Waals surface area contributed by atoms with Gasteiger partial charge in [-0.2, -0.15) is 0 Å². The summed E-state index contributed by atoms with van der Waals surface area (Å²) >= 11 is 0. The van der Waals surface area contributed by atoms with Crippen molar-refractivity contribution in [1.82, 2.24) is 4.90 Å². The standard InChI is InChI=1S/C15H21N3O4/c1-10-5-11(7-12(6-10)18(20)21)15(19)17-4-3-14(22-2)8-13(17)9-16/h5-7,13-14H,3-4,8-9,16H2,1-2H3. The van der Waals surface area contributed by atoms with E-state index in [1.54, 1.807) is 25.0 Å². The maximum Gasteiger partial charge on any atom is 0.270 e. The number of rotatable bonds is 4. The number of non-ortho nitro benzene ring substituents is 1. The molecule has 7 heteroatoms. The number of nitrogens with zero attached hydrogens (tertiary/aromatic N) is 2. The molecule has 1 aromatic carbocycles. The van der Waals surface area contributed by atoms with E-state index in [1.165, 1.54) is 12.1 Å². The van der Waals surface area contributed by atoms with Crippen molar-refractivity contribution < 1.29 is 14.5 Å². The molecule has 120 valence electrons. The second kappa shape index (κ2) is 6.85. The third kappa shape index (κ3) is 3.42. The number of nitro groups is 1. The molecule has 2 N–H and O–H groups in total. The van der Waals surface area contributed by atoms with Crippen molar-refractivity contribution in [3.63, 3.8) is 0 Å². The largest absolute Gasteiger partial charge is 0.381 e. The van der Waals surface area contributed by atoms with E-state index in [2.05, 4.69) is 0 Å². The first-order valence-electron chi connectivity index (χ1n) is 7.26. The van der Waals surface area contributed by atoms with E-state index >= 15 is 0 Å². The number of hydrogen-bond acceptors (Lipinski definition) is 5. The molecule has 1 aromatic rings. The lowest BCUT2D eigenvalue weighted by Crippen LogP contribution is -2.51. The van der Waals surface area contributed by atoms with E-state index in [9.17, 15) is 14.9 Å². The van der Waals surface area contributed by atoms with Gasteiger partial charge in [0.15, 0.2) is 0 Å². The molecular weight excluding hydrogens is 286 g/mol. The first kappa shape index (κ1) is 16.4. The summed E-state index contributed by atoms with van der Waals surface area (Å²) in [6.45, 7) is 2.63. The maximum absolute atomic E-state index is 12.7. The van der Waals surface area contributed by atoms with Crippen LogP contribution in [0.5, 0.6) is 0 Å². The summed E-state index contributed by atoms with van der Waals surface area (Å²) in [7, 11) is 1.65. The topological polar surface area (TPSA) is 98.7 Å². The number of hydrogen-bond donors (Lipinski definition) is 1. The number of benzene rings is 1. The van der Waals surface area contributed by atoms with Crippen molar-refractivity contribution in [1.29, 1.82) is 0 Å². The summed E-state index contributed by atoms with van der Waals surface area (Å²) < 4.78 is 5.34. The first-order valence-corrected chi connectivity index (χ1v) is 7.26. The summed E-state index contributed by atoms with van der Waals surface area (Å²) in [6, 6.07) is 4.34. The van der Waals surface area contributed by atoms with Crippen molar-refractivity contribution in [2.24, 2.45) is 5.73 Å². The van der Waals surface area contributed by atoms with Gasteiger partial charge in [0.1, 0.15) is 0 Å². The van der Waals surface area contributed by atoms with Crippen molar-refractivity contribution in [2.45, 2.75) is 31.9 Å². The van der Waals surface area contributed by atoms with Crippen molar-refractivity contribution in [2.75, 3.05) is 20.2 Å². The molecule has 2 rings (SSSR count). The van der Waals surface area contributed by atoms with Crippen LogP contribution in [0, 0.1) is 17.0 Å². The molecule has 1 aliphatic heterocycles. The number of carbonyl (C=O) groups excluding carboxylic acids is 1. The van der Waals surface area contributed by atoms with Crippen molar-refractivity contribution in [3.05, 3.63) is 39.4 Å². The van der Waals surface area contributed by atoms with Crippen LogP contribution in [0.3, 0.4) is 0 Å². The SMILES string of the molecule is COC1CCN(C(=O)c2cc(C)cc([N+](=O)[O-])c2)C(CN)C1. The van der Waals surface area contributed by atoms with Crippen LogP contribution < -0.4 is 5.73 Å². The summed E-state index contributed by atoms with van der Waals surface area (Å²) in [6.07, 6.45) is 1.53. The highest BCUT2D eigenvalue weighted by Gasteiger charge is 2.31. The number of carbonyl (C=O) groups is 1. The quantitative estimate of drug-likeness (QED) is 0.671. The predicted molar refractivity (Wildman–Crippen MR) is 81.7 cm³/mol. The van der Waals surface area contributed by atoms with Crippen molar-refractivity contribution >= 4 is 11.6 Å². The summed E-state index contributed by atoms with van der Waals surface area (Å²) in [5, 5.41) is 11.0. The molecule has 0 aromatic heterocycles. The van der Waals surface area contributed by atoms with E-state index < -0.39 is 4.92 Å². The Balaban J connectivity index is 2.25. The number of nitrogens with two attached hydrogens (primary N) is 1. The second-order valence-corrected chi connectivity index (χ2v) is 5.58. The highest BCUT2D eigenvalue weighted by molar-refractivity contribution is 5.95. The van der Waals surface area contributed by atoms with E-state index in [0.717, 1.165) is 6.42 Å². The first-order chi connectivity index (χ1) is 10.5. The van der Waals surface area contributed by atoms with Gasteiger partial charge in [0.25, 0.3) is 11.6 Å². The third-order valence-electron chi connectivity index (χ3n) is 4.05. The van der Waals surface area contributed by atoms with Crippen LogP contribution >= 0.6 is 0 Å². The smallest absolute Gasteiger partial charge is 0.270 e. The minimum Gasteiger partial charge on any atom is -0.381 e. The third-order valence-corrected chi connectivity index (χ3v) is 4.05. The molecule has 7 nitrogen and oxygen atoms in total. The Morgan fingerprint density at radius 1 is 1.50 bits per heavy atom. The molecule has 1 fully saturated rings. The number of methoxy groups -OCH3 is 1. The molecule has 0 radical (unpaired) electrons. The van der Waals surface area contributed by atoms with Gasteiger partial charge in [0.05, 0.1) is 11.0 Å². The molecule has 1 saturated heterocycles. The summed E-state index contributed by atoms with van der Waals surface area (Å²) in [5.74, 6) is -0.211. The average Bonchev–Trinajstić information content (AvgIpc) is 2.52. The van der Waals surface area contributed by atoms with Crippen LogP contribution in [-0.2, 0) is 4.74 Å². The molecule has 22 heavy (non-hydrogen) atoms. The monoisotopic (exact) mass is 307 g/mol. The molecule has 1 amide bonds. The van der Waals surface area contributed by atoms with Crippen molar-refractivity contribution in [3.8, 4) is 0 Å². The van der Waals surface area contributed by atoms with Crippen LogP contribution in [0.1, 0.15) is 28.8 Å². The Morgan fingerprint density at radius 2 is 2.23 bits per heavy atom. The Kier molecular flexibility index (Phi) is 5.10. The van der Waals surface area contributed by atoms with Crippen LogP contribution in [0.2, 0.25) is 0 Å². The van der Waals surface area contributed by atoms with Gasteiger partial charge in [-0.3, -0.25) is 14.9 Å². The second-order valence-electron chi connectivity index (χ2n) is 5.58. The molecule has 0 spiro atoms. The Labute approximate surface area is 129 Å². The molecular formula is C15H21N3O4. The molecule has 0 aliphatic carbocycles. The zero-order valence-electron chi connectivity index (χ0n) is 12.8. The molecule has 1 aliphatic rings. The van der Waals surface area contributed by atoms with Gasteiger partial charge in [0, 0.05) is 43.9 Å². The molecule has 0 saturated carbocycles. The fraction of sp³-hybridized carbons (Fsp3) is 0.533. The van der Waals surface area contributed by atoms with Gasteiger partial charge in [-0.05, 0) is 31.4 Å².